The highest BCUT2D eigenvalue weighted by Gasteiger charge is 2.16. The molecule has 21 heavy (non-hydrogen) atoms. The van der Waals surface area contributed by atoms with E-state index in [2.05, 4.69) is 21.5 Å². The topological polar surface area (TPSA) is 62.0 Å². The molecule has 0 aliphatic carbocycles. The summed E-state index contributed by atoms with van der Waals surface area (Å²) in [7, 11) is 1.70. The molecule has 2 heterocycles. The number of fused-ring (bicyclic) bond motifs is 1. The lowest BCUT2D eigenvalue weighted by Gasteiger charge is -2.21. The summed E-state index contributed by atoms with van der Waals surface area (Å²) >= 11 is 0. The van der Waals surface area contributed by atoms with Gasteiger partial charge in [-0.2, -0.15) is 0 Å². The second-order valence-electron chi connectivity index (χ2n) is 4.78. The van der Waals surface area contributed by atoms with Gasteiger partial charge in [0.05, 0.1) is 18.9 Å². The van der Waals surface area contributed by atoms with E-state index in [4.69, 9.17) is 9.72 Å². The number of nitrogens with one attached hydrogen (secondary N) is 1. The van der Waals surface area contributed by atoms with Crippen LogP contribution >= 0.6 is 0 Å². The quantitative estimate of drug-likeness (QED) is 0.672. The van der Waals surface area contributed by atoms with Gasteiger partial charge in [0.25, 0.3) is 0 Å². The summed E-state index contributed by atoms with van der Waals surface area (Å²) in [5.74, 6) is 0.933. The molecule has 6 nitrogen and oxygen atoms in total. The van der Waals surface area contributed by atoms with Crippen LogP contribution < -0.4 is 10.2 Å². The Hall–Kier alpha value is -1.63. The highest BCUT2D eigenvalue weighted by molar-refractivity contribution is 5.56. The molecular formula is C15H24N4O2. The Bertz CT molecular complexity index is 556. The van der Waals surface area contributed by atoms with Gasteiger partial charge in [-0.25, -0.2) is 4.98 Å². The Labute approximate surface area is 125 Å². The molecule has 2 aromatic heterocycles. The number of aromatic nitrogens is 2. The molecule has 6 heteroatoms. The molecule has 0 saturated heterocycles. The van der Waals surface area contributed by atoms with E-state index in [1.54, 1.807) is 7.11 Å². The van der Waals surface area contributed by atoms with Crippen molar-refractivity contribution >= 4 is 11.5 Å². The third-order valence-corrected chi connectivity index (χ3v) is 3.43. The maximum absolute atomic E-state index is 9.23. The molecule has 0 aromatic carbocycles. The molecule has 0 spiro atoms. The van der Waals surface area contributed by atoms with E-state index in [1.165, 1.54) is 0 Å². The SMILES string of the molecule is CCN(CCO)c1nc2ccccn2c1CNCCOC. The molecular weight excluding hydrogens is 268 g/mol. The van der Waals surface area contributed by atoms with Crippen molar-refractivity contribution in [1.29, 1.82) is 0 Å². The van der Waals surface area contributed by atoms with Gasteiger partial charge < -0.3 is 24.5 Å². The minimum Gasteiger partial charge on any atom is -0.395 e. The van der Waals surface area contributed by atoms with E-state index in [9.17, 15) is 5.11 Å². The number of anilines is 1. The Balaban J connectivity index is 2.28. The van der Waals surface area contributed by atoms with Crippen LogP contribution in [-0.2, 0) is 11.3 Å². The van der Waals surface area contributed by atoms with Gasteiger partial charge >= 0.3 is 0 Å². The summed E-state index contributed by atoms with van der Waals surface area (Å²) in [5.41, 5.74) is 2.03. The first-order chi connectivity index (χ1) is 10.3. The van der Waals surface area contributed by atoms with Gasteiger partial charge in [0.15, 0.2) is 5.82 Å². The second kappa shape index (κ2) is 7.97. The maximum Gasteiger partial charge on any atom is 0.152 e. The smallest absolute Gasteiger partial charge is 0.152 e. The molecule has 0 atom stereocenters. The van der Waals surface area contributed by atoms with Crippen LogP contribution in [0.4, 0.5) is 5.82 Å². The zero-order chi connectivity index (χ0) is 15.1. The second-order valence-corrected chi connectivity index (χ2v) is 4.78. The van der Waals surface area contributed by atoms with Crippen molar-refractivity contribution in [3.63, 3.8) is 0 Å². The Morgan fingerprint density at radius 1 is 1.43 bits per heavy atom. The zero-order valence-corrected chi connectivity index (χ0v) is 12.7. The standard InChI is InChI=1S/C15H24N4O2/c1-3-18(9-10-20)15-13(12-16-7-11-21-2)19-8-5-4-6-14(19)17-15/h4-6,8,16,20H,3,7,9-12H2,1-2H3. The van der Waals surface area contributed by atoms with Crippen LogP contribution in [0.2, 0.25) is 0 Å². The minimum atomic E-state index is 0.123. The Morgan fingerprint density at radius 2 is 2.29 bits per heavy atom. The van der Waals surface area contributed by atoms with Gasteiger partial charge in [-0.3, -0.25) is 0 Å². The van der Waals surface area contributed by atoms with E-state index >= 15 is 0 Å². The highest BCUT2D eigenvalue weighted by atomic mass is 16.5. The van der Waals surface area contributed by atoms with Crippen LogP contribution in [0.25, 0.3) is 5.65 Å². The van der Waals surface area contributed by atoms with Crippen molar-refractivity contribution in [2.45, 2.75) is 13.5 Å². The molecule has 2 aromatic rings. The fourth-order valence-corrected chi connectivity index (χ4v) is 2.37. The summed E-state index contributed by atoms with van der Waals surface area (Å²) in [6.07, 6.45) is 2.02. The van der Waals surface area contributed by atoms with E-state index < -0.39 is 0 Å². The molecule has 116 valence electrons. The lowest BCUT2D eigenvalue weighted by atomic mass is 10.3. The summed E-state index contributed by atoms with van der Waals surface area (Å²) in [4.78, 5) is 6.81. The molecule has 0 bridgehead atoms. The lowest BCUT2D eigenvalue weighted by molar-refractivity contribution is 0.199. The van der Waals surface area contributed by atoms with Crippen molar-refractivity contribution in [2.75, 3.05) is 44.9 Å². The number of hydrogen-bond acceptors (Lipinski definition) is 5. The molecule has 0 aliphatic heterocycles. The first-order valence-corrected chi connectivity index (χ1v) is 7.33. The number of rotatable bonds is 9. The monoisotopic (exact) mass is 292 g/mol. The number of likely N-dealkylation sites (N-methyl/N-ethyl adjacent to an activating group) is 1. The van der Waals surface area contributed by atoms with Gasteiger partial charge in [-0.15, -0.1) is 0 Å². The molecule has 0 aliphatic rings. The fourth-order valence-electron chi connectivity index (χ4n) is 2.37. The highest BCUT2D eigenvalue weighted by Crippen LogP contribution is 2.21. The lowest BCUT2D eigenvalue weighted by Crippen LogP contribution is -2.29. The molecule has 0 radical (unpaired) electrons. The predicted molar refractivity (Wildman–Crippen MR) is 83.7 cm³/mol. The van der Waals surface area contributed by atoms with Gasteiger partial charge in [-0.1, -0.05) is 6.07 Å². The van der Waals surface area contributed by atoms with Crippen LogP contribution in [0.5, 0.6) is 0 Å². The summed E-state index contributed by atoms with van der Waals surface area (Å²) in [6.45, 7) is 5.79. The van der Waals surface area contributed by atoms with E-state index in [0.717, 1.165) is 30.2 Å². The Kier molecular flexibility index (Phi) is 5.98. The fraction of sp³-hybridized carbons (Fsp3) is 0.533. The number of nitrogens with zero attached hydrogens (tertiary/aromatic N) is 3. The summed E-state index contributed by atoms with van der Waals surface area (Å²) < 4.78 is 7.15. The molecule has 2 rings (SSSR count). The predicted octanol–water partition coefficient (Wildman–Crippen LogP) is 0.889. The van der Waals surface area contributed by atoms with Crippen LogP contribution in [0.15, 0.2) is 24.4 Å². The van der Waals surface area contributed by atoms with Crippen LogP contribution in [0.1, 0.15) is 12.6 Å². The average molecular weight is 292 g/mol. The van der Waals surface area contributed by atoms with Gasteiger partial charge in [0.1, 0.15) is 5.65 Å². The maximum atomic E-state index is 9.23. The average Bonchev–Trinajstić information content (AvgIpc) is 2.88. The molecule has 0 fully saturated rings. The normalized spacial score (nSPS) is 11.2. The number of methoxy groups -OCH3 is 1. The third-order valence-electron chi connectivity index (χ3n) is 3.43. The number of aliphatic hydroxyl groups is 1. The first kappa shape index (κ1) is 15.8. The van der Waals surface area contributed by atoms with Crippen molar-refractivity contribution < 1.29 is 9.84 Å². The van der Waals surface area contributed by atoms with Gasteiger partial charge in [-0.05, 0) is 19.1 Å². The van der Waals surface area contributed by atoms with E-state index in [1.807, 2.05) is 24.4 Å². The number of pyridine rings is 1. The van der Waals surface area contributed by atoms with Gasteiger partial charge in [0.2, 0.25) is 0 Å². The van der Waals surface area contributed by atoms with E-state index in [0.29, 0.717) is 19.7 Å². The third kappa shape index (κ3) is 3.72. The van der Waals surface area contributed by atoms with Crippen molar-refractivity contribution in [3.8, 4) is 0 Å². The number of ether oxygens (including phenoxy) is 1. The Morgan fingerprint density at radius 3 is 3.00 bits per heavy atom. The van der Waals surface area contributed by atoms with Crippen LogP contribution in [0.3, 0.4) is 0 Å². The number of imidazole rings is 1. The number of aliphatic hydroxyl groups excluding tert-OH is 1. The molecule has 2 N–H and O–H groups in total. The molecule has 0 amide bonds. The van der Waals surface area contributed by atoms with E-state index in [-0.39, 0.29) is 6.61 Å². The first-order valence-electron chi connectivity index (χ1n) is 7.33. The summed E-state index contributed by atoms with van der Waals surface area (Å²) in [6, 6.07) is 5.98. The minimum absolute atomic E-state index is 0.123. The van der Waals surface area contributed by atoms with Crippen molar-refractivity contribution in [1.82, 2.24) is 14.7 Å². The zero-order valence-electron chi connectivity index (χ0n) is 12.7. The van der Waals surface area contributed by atoms with Crippen LogP contribution in [-0.4, -0.2) is 54.4 Å². The van der Waals surface area contributed by atoms with Gasteiger partial charge in [0, 0.05) is 39.5 Å². The summed E-state index contributed by atoms with van der Waals surface area (Å²) in [5, 5.41) is 12.6. The van der Waals surface area contributed by atoms with Crippen LogP contribution in [0, 0.1) is 0 Å². The number of hydrogen-bond donors (Lipinski definition) is 2. The largest absolute Gasteiger partial charge is 0.395 e. The van der Waals surface area contributed by atoms with Crippen molar-refractivity contribution in [2.24, 2.45) is 0 Å². The molecule has 0 saturated carbocycles. The molecule has 0 unspecified atom stereocenters. The van der Waals surface area contributed by atoms with Crippen molar-refractivity contribution in [3.05, 3.63) is 30.1 Å².